The summed E-state index contributed by atoms with van der Waals surface area (Å²) in [5, 5.41) is 7.45. The molecule has 0 aliphatic carbocycles. The summed E-state index contributed by atoms with van der Waals surface area (Å²) in [6.07, 6.45) is 7.34. The Labute approximate surface area is 208 Å². The van der Waals surface area contributed by atoms with E-state index >= 15 is 0 Å². The molecule has 6 nitrogen and oxygen atoms in total. The van der Waals surface area contributed by atoms with Crippen molar-refractivity contribution >= 4 is 47.0 Å². The molecule has 0 unspecified atom stereocenters. The molecule has 0 amide bonds. The topological polar surface area (TPSA) is 67.2 Å². The first-order valence-electron chi connectivity index (χ1n) is 10.3. The fourth-order valence-electron chi connectivity index (χ4n) is 2.84. The number of ether oxygens (including phenoxy) is 2. The first kappa shape index (κ1) is 26.4. The summed E-state index contributed by atoms with van der Waals surface area (Å²) < 4.78 is 59.2. The molecule has 186 valence electrons. The van der Waals surface area contributed by atoms with Crippen LogP contribution in [-0.2, 0) is 0 Å². The first-order valence-corrected chi connectivity index (χ1v) is 11.0. The van der Waals surface area contributed by atoms with Crippen LogP contribution in [0.1, 0.15) is 17.5 Å². The Balaban J connectivity index is 1.85. The monoisotopic (exact) mass is 530 g/mol. The van der Waals surface area contributed by atoms with Gasteiger partial charge in [-0.2, -0.15) is 22.7 Å². The summed E-state index contributed by atoms with van der Waals surface area (Å²) in [7, 11) is 0. The molecule has 0 saturated heterocycles. The van der Waals surface area contributed by atoms with Gasteiger partial charge in [0.1, 0.15) is 11.5 Å². The highest BCUT2D eigenvalue weighted by molar-refractivity contribution is 6.32. The number of hydrogen-bond donors (Lipinski definition) is 2. The van der Waals surface area contributed by atoms with Gasteiger partial charge in [0.15, 0.2) is 0 Å². The lowest BCUT2D eigenvalue weighted by atomic mass is 10.1. The van der Waals surface area contributed by atoms with E-state index < -0.39 is 13.2 Å². The molecule has 1 heterocycles. The third kappa shape index (κ3) is 8.80. The van der Waals surface area contributed by atoms with E-state index in [-0.39, 0.29) is 21.5 Å². The second-order valence-corrected chi connectivity index (χ2v) is 7.78. The fourth-order valence-corrected chi connectivity index (χ4v) is 3.16. The van der Waals surface area contributed by atoms with E-state index in [0.29, 0.717) is 29.3 Å². The van der Waals surface area contributed by atoms with Gasteiger partial charge >= 0.3 is 13.2 Å². The van der Waals surface area contributed by atoms with Crippen molar-refractivity contribution in [1.82, 2.24) is 10.7 Å². The van der Waals surface area contributed by atoms with E-state index in [1.807, 2.05) is 0 Å². The number of aliphatic imine (C=N–C) groups is 1. The van der Waals surface area contributed by atoms with E-state index in [2.05, 4.69) is 30.3 Å². The molecule has 1 aliphatic rings. The second kappa shape index (κ2) is 13.0. The zero-order valence-corrected chi connectivity index (χ0v) is 19.5. The summed E-state index contributed by atoms with van der Waals surface area (Å²) in [5.41, 5.74) is 4.27. The van der Waals surface area contributed by atoms with Gasteiger partial charge < -0.3 is 14.8 Å². The van der Waals surface area contributed by atoms with Crippen LogP contribution in [0.4, 0.5) is 17.6 Å². The van der Waals surface area contributed by atoms with Gasteiger partial charge in [0.05, 0.1) is 15.8 Å². The van der Waals surface area contributed by atoms with E-state index in [0.717, 1.165) is 13.0 Å². The van der Waals surface area contributed by atoms with Gasteiger partial charge in [0.2, 0.25) is 5.96 Å². The average molecular weight is 531 g/mol. The van der Waals surface area contributed by atoms with E-state index in [9.17, 15) is 17.6 Å². The predicted molar refractivity (Wildman–Crippen MR) is 130 cm³/mol. The summed E-state index contributed by atoms with van der Waals surface area (Å²) >= 11 is 11.8. The zero-order chi connectivity index (χ0) is 25.2. The van der Waals surface area contributed by atoms with Crippen molar-refractivity contribution in [1.29, 1.82) is 0 Å². The minimum atomic E-state index is -3.02. The minimum absolute atomic E-state index is 0.0452. The molecular formula is C23H20Cl2F4N4O2. The molecule has 2 aromatic rings. The summed E-state index contributed by atoms with van der Waals surface area (Å²) in [6.45, 7) is -4.63. The Hall–Kier alpha value is -3.24. The Morgan fingerprint density at radius 2 is 1.49 bits per heavy atom. The number of alkyl halides is 4. The molecule has 0 bridgehead atoms. The van der Waals surface area contributed by atoms with Crippen molar-refractivity contribution in [2.75, 3.05) is 13.1 Å². The quantitative estimate of drug-likeness (QED) is 0.229. The summed E-state index contributed by atoms with van der Waals surface area (Å²) in [6, 6.07) is 8.82. The van der Waals surface area contributed by atoms with Gasteiger partial charge in [0.25, 0.3) is 0 Å². The molecule has 0 aromatic heterocycles. The number of rotatable bonds is 9. The maximum atomic E-state index is 12.6. The van der Waals surface area contributed by atoms with Crippen molar-refractivity contribution in [3.05, 3.63) is 69.7 Å². The van der Waals surface area contributed by atoms with Crippen molar-refractivity contribution in [3.63, 3.8) is 0 Å². The van der Waals surface area contributed by atoms with Gasteiger partial charge in [-0.05, 0) is 54.0 Å². The van der Waals surface area contributed by atoms with Gasteiger partial charge in [-0.15, -0.1) is 0 Å². The third-order valence-corrected chi connectivity index (χ3v) is 5.05. The lowest BCUT2D eigenvalue weighted by Crippen LogP contribution is -2.38. The maximum absolute atomic E-state index is 12.6. The van der Waals surface area contributed by atoms with E-state index in [1.165, 1.54) is 24.3 Å². The third-order valence-electron chi connectivity index (χ3n) is 4.42. The van der Waals surface area contributed by atoms with E-state index in [4.69, 9.17) is 23.2 Å². The molecule has 0 spiro atoms. The minimum Gasteiger partial charge on any atom is -0.433 e. The van der Waals surface area contributed by atoms with Gasteiger partial charge in [-0.1, -0.05) is 47.5 Å². The van der Waals surface area contributed by atoms with Crippen LogP contribution in [0.25, 0.3) is 12.2 Å². The number of guanidine groups is 1. The van der Waals surface area contributed by atoms with Crippen molar-refractivity contribution in [2.45, 2.75) is 19.6 Å². The molecule has 0 fully saturated rings. The smallest absolute Gasteiger partial charge is 0.387 e. The Kier molecular flexibility index (Phi) is 9.80. The van der Waals surface area contributed by atoms with Gasteiger partial charge in [-0.25, -0.2) is 5.43 Å². The summed E-state index contributed by atoms with van der Waals surface area (Å²) in [4.78, 5) is 4.27. The molecule has 2 N–H and O–H groups in total. The molecule has 3 rings (SSSR count). The lowest BCUT2D eigenvalue weighted by Gasteiger charge is -2.13. The molecule has 12 heteroatoms. The highest BCUT2D eigenvalue weighted by atomic mass is 35.5. The number of nitrogens with zero attached hydrogens (tertiary/aromatic N) is 2. The molecule has 0 saturated carbocycles. The van der Waals surface area contributed by atoms with Gasteiger partial charge in [-0.3, -0.25) is 4.99 Å². The number of halogens is 6. The molecule has 0 radical (unpaired) electrons. The van der Waals surface area contributed by atoms with Crippen LogP contribution < -0.4 is 20.2 Å². The SMILES string of the molecule is FC(F)Oc1cc(C=CC(C=Cc2ccc(Cl)c(OC(F)F)c2)=NNC2=NCCCN2)ccc1Cl. The van der Waals surface area contributed by atoms with E-state index in [1.54, 1.807) is 36.4 Å². The number of allylic oxidation sites excluding steroid dienone is 2. The molecule has 2 aromatic carbocycles. The second-order valence-electron chi connectivity index (χ2n) is 6.96. The first-order chi connectivity index (χ1) is 16.8. The normalized spacial score (nSPS) is 13.8. The number of hydrogen-bond acceptors (Lipinski definition) is 6. The van der Waals surface area contributed by atoms with Crippen molar-refractivity contribution in [3.8, 4) is 11.5 Å². The Morgan fingerprint density at radius 1 is 0.943 bits per heavy atom. The van der Waals surface area contributed by atoms with Crippen molar-refractivity contribution in [2.24, 2.45) is 10.1 Å². The average Bonchev–Trinajstić information content (AvgIpc) is 2.82. The zero-order valence-electron chi connectivity index (χ0n) is 18.0. The van der Waals surface area contributed by atoms with Crippen LogP contribution in [-0.4, -0.2) is 38.0 Å². The maximum Gasteiger partial charge on any atom is 0.387 e. The fraction of sp³-hybridized carbons (Fsp3) is 0.217. The molecular weight excluding hydrogens is 511 g/mol. The largest absolute Gasteiger partial charge is 0.433 e. The van der Waals surface area contributed by atoms with Crippen LogP contribution in [0.15, 0.2) is 58.6 Å². The van der Waals surface area contributed by atoms with Gasteiger partial charge in [0, 0.05) is 13.1 Å². The van der Waals surface area contributed by atoms with Crippen LogP contribution in [0, 0.1) is 0 Å². The molecule has 1 aliphatic heterocycles. The molecule has 35 heavy (non-hydrogen) atoms. The number of hydrazone groups is 1. The Bertz CT molecular complexity index is 1070. The number of nitrogens with one attached hydrogen (secondary N) is 2. The lowest BCUT2D eigenvalue weighted by molar-refractivity contribution is -0.0504. The Morgan fingerprint density at radius 3 is 1.94 bits per heavy atom. The number of benzene rings is 2. The van der Waals surface area contributed by atoms with Crippen molar-refractivity contribution < 1.29 is 27.0 Å². The standard InChI is InChI=1S/C23H20Cl2F4N4O2/c24-17-8-4-14(12-19(17)34-21(26)27)2-6-16(32-33-23-30-10-1-11-31-23)7-3-15-5-9-18(25)20(13-15)35-22(28)29/h2-9,12-13,21-22H,1,10-11H2,(H2,30,31,33). The van der Waals surface area contributed by atoms with Crippen LogP contribution >= 0.6 is 23.2 Å². The summed E-state index contributed by atoms with van der Waals surface area (Å²) in [5.74, 6) is 0.169. The van der Waals surface area contributed by atoms with Crippen LogP contribution in [0.5, 0.6) is 11.5 Å². The predicted octanol–water partition coefficient (Wildman–Crippen LogP) is 6.22. The molecule has 0 atom stereocenters. The van der Waals surface area contributed by atoms with Crippen LogP contribution in [0.3, 0.4) is 0 Å². The highest BCUT2D eigenvalue weighted by Crippen LogP contribution is 2.28. The highest BCUT2D eigenvalue weighted by Gasteiger charge is 2.10. The van der Waals surface area contributed by atoms with Crippen LogP contribution in [0.2, 0.25) is 10.0 Å².